The minimum Gasteiger partial charge on any atom is -0.396 e. The number of aliphatic hydroxyl groups excluding tert-OH is 1. The van der Waals surface area contributed by atoms with E-state index in [2.05, 4.69) is 43.4 Å². The van der Waals surface area contributed by atoms with Crippen molar-refractivity contribution in [2.24, 2.45) is 5.41 Å². The van der Waals surface area contributed by atoms with E-state index < -0.39 is 0 Å². The molecule has 0 spiro atoms. The quantitative estimate of drug-likeness (QED) is 0.797. The van der Waals surface area contributed by atoms with E-state index >= 15 is 0 Å². The fourth-order valence-corrected chi connectivity index (χ4v) is 1.91. The van der Waals surface area contributed by atoms with Crippen molar-refractivity contribution in [1.29, 1.82) is 0 Å². The van der Waals surface area contributed by atoms with Gasteiger partial charge in [0.2, 0.25) is 0 Å². The highest BCUT2D eigenvalue weighted by molar-refractivity contribution is 5.23. The van der Waals surface area contributed by atoms with E-state index in [1.165, 1.54) is 11.1 Å². The Kier molecular flexibility index (Phi) is 3.31. The van der Waals surface area contributed by atoms with E-state index in [4.69, 9.17) is 0 Å². The molecule has 1 aliphatic carbocycles. The molecule has 0 heterocycles. The Bertz CT molecular complexity index is 340. The Hall–Kier alpha value is -0.860. The number of benzene rings is 1. The molecule has 1 aliphatic rings. The van der Waals surface area contributed by atoms with Crippen LogP contribution in [0.25, 0.3) is 0 Å². The summed E-state index contributed by atoms with van der Waals surface area (Å²) in [5.74, 6) is 0. The predicted molar refractivity (Wildman–Crippen MR) is 66.3 cm³/mol. The Labute approximate surface area is 97.7 Å². The smallest absolute Gasteiger partial charge is 0.0499 e. The van der Waals surface area contributed by atoms with E-state index in [9.17, 15) is 5.11 Å². The average molecular weight is 219 g/mol. The summed E-state index contributed by atoms with van der Waals surface area (Å²) in [5.41, 5.74) is 2.81. The zero-order chi connectivity index (χ0) is 11.6. The van der Waals surface area contributed by atoms with Gasteiger partial charge in [0.25, 0.3) is 0 Å². The second-order valence-corrected chi connectivity index (χ2v) is 5.17. The van der Waals surface area contributed by atoms with Crippen molar-refractivity contribution in [3.63, 3.8) is 0 Å². The fraction of sp³-hybridized carbons (Fsp3) is 0.571. The van der Waals surface area contributed by atoms with Gasteiger partial charge in [-0.25, -0.2) is 0 Å². The average Bonchev–Trinajstić information content (AvgIpc) is 3.08. The van der Waals surface area contributed by atoms with Crippen LogP contribution in [-0.2, 0) is 0 Å². The second kappa shape index (κ2) is 4.56. The molecule has 0 aromatic heterocycles. The predicted octanol–water partition coefficient (Wildman–Crippen LogP) is 2.42. The number of nitrogens with one attached hydrogen (secondary N) is 1. The summed E-state index contributed by atoms with van der Waals surface area (Å²) in [6.45, 7) is 5.53. The molecule has 0 bridgehead atoms. The topological polar surface area (TPSA) is 32.3 Å². The van der Waals surface area contributed by atoms with Crippen LogP contribution < -0.4 is 5.32 Å². The summed E-state index contributed by atoms with van der Waals surface area (Å²) in [6, 6.07) is 9.00. The Morgan fingerprint density at radius 3 is 2.44 bits per heavy atom. The van der Waals surface area contributed by atoms with Gasteiger partial charge in [-0.15, -0.1) is 0 Å². The Balaban J connectivity index is 1.88. The molecule has 1 fully saturated rings. The van der Waals surface area contributed by atoms with Gasteiger partial charge < -0.3 is 10.4 Å². The maximum Gasteiger partial charge on any atom is 0.0499 e. The van der Waals surface area contributed by atoms with Gasteiger partial charge in [0.1, 0.15) is 0 Å². The third-order valence-electron chi connectivity index (χ3n) is 3.65. The van der Waals surface area contributed by atoms with Crippen molar-refractivity contribution in [2.75, 3.05) is 13.2 Å². The molecule has 0 amide bonds. The lowest BCUT2D eigenvalue weighted by molar-refractivity contribution is 0.204. The lowest BCUT2D eigenvalue weighted by atomic mass is 10.0. The number of aliphatic hydroxyl groups is 1. The van der Waals surface area contributed by atoms with Crippen molar-refractivity contribution in [2.45, 2.75) is 32.7 Å². The third-order valence-corrected chi connectivity index (χ3v) is 3.65. The van der Waals surface area contributed by atoms with Crippen molar-refractivity contribution >= 4 is 0 Å². The molecule has 2 nitrogen and oxygen atoms in total. The monoisotopic (exact) mass is 219 g/mol. The van der Waals surface area contributed by atoms with Crippen molar-refractivity contribution < 1.29 is 5.11 Å². The van der Waals surface area contributed by atoms with E-state index in [0.29, 0.717) is 12.6 Å². The first-order valence-corrected chi connectivity index (χ1v) is 6.06. The summed E-state index contributed by atoms with van der Waals surface area (Å²) in [5, 5.41) is 12.7. The number of aryl methyl sites for hydroxylation is 1. The van der Waals surface area contributed by atoms with Gasteiger partial charge in [-0.1, -0.05) is 29.8 Å². The molecule has 88 valence electrons. The zero-order valence-electron chi connectivity index (χ0n) is 10.2. The van der Waals surface area contributed by atoms with Gasteiger partial charge in [-0.3, -0.25) is 0 Å². The zero-order valence-corrected chi connectivity index (χ0v) is 10.2. The van der Waals surface area contributed by atoms with Crippen LogP contribution in [0.1, 0.15) is 36.9 Å². The van der Waals surface area contributed by atoms with E-state index in [0.717, 1.165) is 19.4 Å². The van der Waals surface area contributed by atoms with Crippen molar-refractivity contribution in [1.82, 2.24) is 5.32 Å². The van der Waals surface area contributed by atoms with Gasteiger partial charge in [0.15, 0.2) is 0 Å². The van der Waals surface area contributed by atoms with Crippen LogP contribution in [0.15, 0.2) is 24.3 Å². The first-order valence-electron chi connectivity index (χ1n) is 6.06. The number of hydrogen-bond donors (Lipinski definition) is 2. The summed E-state index contributed by atoms with van der Waals surface area (Å²) < 4.78 is 0. The summed E-state index contributed by atoms with van der Waals surface area (Å²) in [4.78, 5) is 0. The molecule has 1 atom stereocenters. The van der Waals surface area contributed by atoms with E-state index in [-0.39, 0.29) is 5.41 Å². The van der Waals surface area contributed by atoms with Crippen LogP contribution in [0.5, 0.6) is 0 Å². The van der Waals surface area contributed by atoms with Crippen LogP contribution in [0, 0.1) is 12.3 Å². The van der Waals surface area contributed by atoms with Gasteiger partial charge in [-0.2, -0.15) is 0 Å². The normalized spacial score (nSPS) is 19.4. The van der Waals surface area contributed by atoms with Gasteiger partial charge in [0.05, 0.1) is 0 Å². The van der Waals surface area contributed by atoms with Crippen LogP contribution in [0.4, 0.5) is 0 Å². The second-order valence-electron chi connectivity index (χ2n) is 5.17. The minimum atomic E-state index is 0.193. The molecule has 0 saturated heterocycles. The molecular formula is C14H21NO. The highest BCUT2D eigenvalue weighted by atomic mass is 16.3. The molecule has 16 heavy (non-hydrogen) atoms. The fourth-order valence-electron chi connectivity index (χ4n) is 1.91. The molecule has 1 saturated carbocycles. The number of rotatable bonds is 5. The maximum atomic E-state index is 9.24. The van der Waals surface area contributed by atoms with Gasteiger partial charge in [0, 0.05) is 24.6 Å². The van der Waals surface area contributed by atoms with Crippen LogP contribution in [0.3, 0.4) is 0 Å². The molecule has 1 aromatic carbocycles. The standard InChI is InChI=1S/C14H21NO/c1-11-3-5-13(6-4-11)12(2)15-9-14(10-16)7-8-14/h3-6,12,15-16H,7-10H2,1-2H3. The summed E-state index contributed by atoms with van der Waals surface area (Å²) in [7, 11) is 0. The lowest BCUT2D eigenvalue weighted by Gasteiger charge is -2.18. The first-order chi connectivity index (χ1) is 7.65. The summed E-state index contributed by atoms with van der Waals surface area (Å²) >= 11 is 0. The number of hydrogen-bond acceptors (Lipinski definition) is 2. The largest absolute Gasteiger partial charge is 0.396 e. The first kappa shape index (κ1) is 11.6. The molecule has 1 unspecified atom stereocenters. The van der Waals surface area contributed by atoms with E-state index in [1.54, 1.807) is 0 Å². The van der Waals surface area contributed by atoms with Gasteiger partial charge >= 0.3 is 0 Å². The molecular weight excluding hydrogens is 198 g/mol. The molecule has 2 N–H and O–H groups in total. The summed E-state index contributed by atoms with van der Waals surface area (Å²) in [6.07, 6.45) is 2.33. The maximum absolute atomic E-state index is 9.24. The Morgan fingerprint density at radius 1 is 1.31 bits per heavy atom. The molecule has 0 aliphatic heterocycles. The highest BCUT2D eigenvalue weighted by Gasteiger charge is 2.41. The van der Waals surface area contributed by atoms with Crippen LogP contribution in [-0.4, -0.2) is 18.3 Å². The van der Waals surface area contributed by atoms with Crippen LogP contribution in [0.2, 0.25) is 0 Å². The minimum absolute atomic E-state index is 0.193. The van der Waals surface area contributed by atoms with Gasteiger partial charge in [-0.05, 0) is 32.3 Å². The third kappa shape index (κ3) is 2.63. The molecule has 2 heteroatoms. The van der Waals surface area contributed by atoms with Crippen molar-refractivity contribution in [3.05, 3.63) is 35.4 Å². The van der Waals surface area contributed by atoms with E-state index in [1.807, 2.05) is 0 Å². The molecule has 1 aromatic rings. The SMILES string of the molecule is Cc1ccc(C(C)NCC2(CO)CC2)cc1. The van der Waals surface area contributed by atoms with Crippen molar-refractivity contribution in [3.8, 4) is 0 Å². The lowest BCUT2D eigenvalue weighted by Crippen LogP contribution is -2.28. The Morgan fingerprint density at radius 2 is 1.94 bits per heavy atom. The molecule has 2 rings (SSSR count). The van der Waals surface area contributed by atoms with Crippen LogP contribution >= 0.6 is 0 Å². The highest BCUT2D eigenvalue weighted by Crippen LogP contribution is 2.44. The molecule has 0 radical (unpaired) electrons.